The predicted molar refractivity (Wildman–Crippen MR) is 291 cm³/mol. The number of aliphatic hydroxyl groups excluding tert-OH is 9. The molecule has 17 nitrogen and oxygen atoms in total. The molecule has 0 bridgehead atoms. The summed E-state index contributed by atoms with van der Waals surface area (Å²) in [4.78, 5) is 25.5. The van der Waals surface area contributed by atoms with Crippen molar-refractivity contribution in [2.45, 2.75) is 338 Å². The highest BCUT2D eigenvalue weighted by molar-refractivity contribution is 5.80. The molecule has 11 N–H and O–H groups in total. The van der Waals surface area contributed by atoms with Gasteiger partial charge in [0.15, 0.2) is 12.6 Å². The number of unbranched alkanes of at least 4 members (excludes halogenated alkanes) is 32. The zero-order valence-electron chi connectivity index (χ0n) is 47.1. The van der Waals surface area contributed by atoms with E-state index in [1.807, 2.05) is 0 Å². The molecule has 0 aliphatic carbocycles. The summed E-state index contributed by atoms with van der Waals surface area (Å²) in [6.45, 7) is 3.58. The number of carbonyl (C=O) groups is 2. The molecule has 0 spiro atoms. The first-order chi connectivity index (χ1) is 36.3. The van der Waals surface area contributed by atoms with E-state index >= 15 is 0 Å². The normalized spacial score (nSPS) is 25.7. The van der Waals surface area contributed by atoms with Crippen molar-refractivity contribution < 1.29 is 74.5 Å². The molecule has 2 aliphatic rings. The second kappa shape index (κ2) is 44.2. The molecule has 2 heterocycles. The Kier molecular flexibility index (Phi) is 41.0. The minimum atomic E-state index is -1.85. The summed E-state index contributed by atoms with van der Waals surface area (Å²) in [6.07, 6.45) is 22.6. The van der Waals surface area contributed by atoms with E-state index in [1.165, 1.54) is 154 Å². The van der Waals surface area contributed by atoms with Crippen LogP contribution < -0.4 is 10.6 Å². The maximum absolute atomic E-state index is 13.5. The summed E-state index contributed by atoms with van der Waals surface area (Å²) in [5.74, 6) is -1.39. The Hall–Kier alpha value is -1.58. The lowest BCUT2D eigenvalue weighted by Crippen LogP contribution is -2.68. The van der Waals surface area contributed by atoms with Crippen LogP contribution in [0.1, 0.15) is 252 Å². The minimum absolute atomic E-state index is 0.196. The molecule has 2 saturated heterocycles. The number of hydrogen-bond acceptors (Lipinski definition) is 15. The predicted octanol–water partition coefficient (Wildman–Crippen LogP) is 7.42. The van der Waals surface area contributed by atoms with Crippen LogP contribution in [-0.4, -0.2) is 163 Å². The summed E-state index contributed by atoms with van der Waals surface area (Å²) in [5.41, 5.74) is 0. The lowest BCUT2D eigenvalue weighted by atomic mass is 9.95. The van der Waals surface area contributed by atoms with Crippen LogP contribution in [-0.2, 0) is 28.5 Å². The maximum atomic E-state index is 13.5. The molecular weight excluding hydrogens is 965 g/mol. The van der Waals surface area contributed by atoms with Crippen molar-refractivity contribution >= 4 is 11.8 Å². The van der Waals surface area contributed by atoms with Crippen LogP contribution in [0.15, 0.2) is 0 Å². The monoisotopic (exact) mass is 1080 g/mol. The fourth-order valence-electron chi connectivity index (χ4n) is 10.5. The molecule has 0 radical (unpaired) electrons. The van der Waals surface area contributed by atoms with E-state index in [0.29, 0.717) is 12.8 Å². The summed E-state index contributed by atoms with van der Waals surface area (Å²) < 4.78 is 23.2. The molecule has 17 heteroatoms. The quantitative estimate of drug-likeness (QED) is 0.0265. The largest absolute Gasteiger partial charge is 0.394 e. The molecule has 14 atom stereocenters. The molecular formula is C58H112N2O15. The van der Waals surface area contributed by atoms with Crippen molar-refractivity contribution in [1.29, 1.82) is 0 Å². The van der Waals surface area contributed by atoms with Gasteiger partial charge in [-0.1, -0.05) is 232 Å². The van der Waals surface area contributed by atoms with E-state index in [0.717, 1.165) is 58.3 Å². The second-order valence-corrected chi connectivity index (χ2v) is 22.2. The highest BCUT2D eigenvalue weighted by atomic mass is 16.7. The van der Waals surface area contributed by atoms with Crippen LogP contribution in [0.5, 0.6) is 0 Å². The molecule has 0 aromatic rings. The van der Waals surface area contributed by atoms with Crippen molar-refractivity contribution in [2.24, 2.45) is 0 Å². The third-order valence-electron chi connectivity index (χ3n) is 15.4. The molecule has 75 heavy (non-hydrogen) atoms. The average Bonchev–Trinajstić information content (AvgIpc) is 3.39. The Balaban J connectivity index is 1.93. The van der Waals surface area contributed by atoms with Crippen LogP contribution in [0.3, 0.4) is 0 Å². The number of carbonyl (C=O) groups excluding carboxylic acids is 2. The van der Waals surface area contributed by atoms with E-state index in [-0.39, 0.29) is 12.8 Å². The number of aliphatic hydroxyl groups is 9. The van der Waals surface area contributed by atoms with E-state index < -0.39 is 117 Å². The topological polar surface area (TPSA) is 277 Å². The van der Waals surface area contributed by atoms with Crippen LogP contribution in [0.2, 0.25) is 0 Å². The van der Waals surface area contributed by atoms with Gasteiger partial charge in [0.1, 0.15) is 61.0 Å². The Morgan fingerprint density at radius 3 is 1.27 bits per heavy atom. The maximum Gasteiger partial charge on any atom is 0.249 e. The first-order valence-electron chi connectivity index (χ1n) is 30.4. The lowest BCUT2D eigenvalue weighted by molar-refractivity contribution is -0.348. The summed E-state index contributed by atoms with van der Waals surface area (Å²) in [7, 11) is 0. The molecule has 2 rings (SSSR count). The Bertz CT molecular complexity index is 1370. The number of nitrogens with one attached hydrogen (secondary N) is 2. The fraction of sp³-hybridized carbons (Fsp3) is 0.966. The molecule has 2 fully saturated rings. The summed E-state index contributed by atoms with van der Waals surface area (Å²) >= 11 is 0. The average molecular weight is 1080 g/mol. The van der Waals surface area contributed by atoms with Gasteiger partial charge in [-0.15, -0.1) is 0 Å². The Labute approximate surface area is 453 Å². The highest BCUT2D eigenvalue weighted by Gasteiger charge is 2.51. The number of rotatable bonds is 48. The van der Waals surface area contributed by atoms with Gasteiger partial charge >= 0.3 is 0 Å². The van der Waals surface area contributed by atoms with Crippen molar-refractivity contribution in [3.05, 3.63) is 0 Å². The van der Waals surface area contributed by atoms with E-state index in [2.05, 4.69) is 24.5 Å². The number of ether oxygens (including phenoxy) is 4. The van der Waals surface area contributed by atoms with E-state index in [9.17, 15) is 55.5 Å². The van der Waals surface area contributed by atoms with Gasteiger partial charge in [0.25, 0.3) is 0 Å². The summed E-state index contributed by atoms with van der Waals surface area (Å²) in [6, 6.07) is -2.72. The van der Waals surface area contributed by atoms with Gasteiger partial charge in [-0.3, -0.25) is 9.59 Å². The van der Waals surface area contributed by atoms with E-state index in [1.54, 1.807) is 0 Å². The molecule has 14 unspecified atom stereocenters. The first-order valence-corrected chi connectivity index (χ1v) is 30.4. The third-order valence-corrected chi connectivity index (χ3v) is 15.4. The van der Waals surface area contributed by atoms with Crippen molar-refractivity contribution in [3.63, 3.8) is 0 Å². The number of amides is 2. The molecule has 2 aliphatic heterocycles. The summed E-state index contributed by atoms with van der Waals surface area (Å²) in [5, 5.41) is 103. The van der Waals surface area contributed by atoms with Crippen molar-refractivity contribution in [1.82, 2.24) is 10.6 Å². The van der Waals surface area contributed by atoms with Crippen LogP contribution >= 0.6 is 0 Å². The lowest BCUT2D eigenvalue weighted by Gasteiger charge is -2.47. The van der Waals surface area contributed by atoms with Crippen LogP contribution in [0.4, 0.5) is 0 Å². The molecule has 0 saturated carbocycles. The van der Waals surface area contributed by atoms with Gasteiger partial charge in [0.2, 0.25) is 11.8 Å². The molecule has 0 aromatic carbocycles. The zero-order chi connectivity index (χ0) is 55.1. The third kappa shape index (κ3) is 30.0. The van der Waals surface area contributed by atoms with Gasteiger partial charge in [0.05, 0.1) is 32.0 Å². The Morgan fingerprint density at radius 1 is 0.493 bits per heavy atom. The molecule has 2 amide bonds. The van der Waals surface area contributed by atoms with Crippen molar-refractivity contribution in [3.8, 4) is 0 Å². The van der Waals surface area contributed by atoms with Gasteiger partial charge < -0.3 is 75.5 Å². The van der Waals surface area contributed by atoms with E-state index in [4.69, 9.17) is 18.9 Å². The van der Waals surface area contributed by atoms with Crippen LogP contribution in [0.25, 0.3) is 0 Å². The zero-order valence-corrected chi connectivity index (χ0v) is 47.1. The van der Waals surface area contributed by atoms with Crippen molar-refractivity contribution in [2.75, 3.05) is 19.8 Å². The minimum Gasteiger partial charge on any atom is -0.394 e. The SMILES string of the molecule is CCCCCCCCCCCCCCCCCCCCCC(O)C(=O)NC(COC1OC(CO)C(O)C(OC2OC(CO)C(O)C(O)C2NC(C)=O)C1O)C(O)C(O)CCCCCCCCCCCCCCCCC. The highest BCUT2D eigenvalue weighted by Crippen LogP contribution is 2.30. The fourth-order valence-corrected chi connectivity index (χ4v) is 10.5. The molecule has 444 valence electrons. The van der Waals surface area contributed by atoms with Gasteiger partial charge in [-0.05, 0) is 12.8 Å². The number of hydrogen-bond donors (Lipinski definition) is 11. The molecule has 0 aromatic heterocycles. The second-order valence-electron chi connectivity index (χ2n) is 22.2. The smallest absolute Gasteiger partial charge is 0.249 e. The standard InChI is InChI=1S/C58H112N2O15/c1-4-6-8-10-12-14-16-18-20-21-22-23-25-27-29-31-33-35-37-39-46(65)56(71)60-44(50(66)45(64)38-36-34-32-30-28-26-24-19-17-15-13-11-9-7-5-2)42-72-58-54(70)55(52(68)48(41-62)74-58)75-57-49(59-43(3)63)53(69)51(67)47(40-61)73-57/h44-55,57-58,61-62,64-70H,4-42H2,1-3H3,(H,59,63)(H,60,71). The first kappa shape index (κ1) is 69.5. The van der Waals surface area contributed by atoms with Gasteiger partial charge in [-0.2, -0.15) is 0 Å². The van der Waals surface area contributed by atoms with Crippen LogP contribution in [0, 0.1) is 0 Å². The van der Waals surface area contributed by atoms with Gasteiger partial charge in [-0.25, -0.2) is 0 Å². The Morgan fingerprint density at radius 2 is 0.867 bits per heavy atom. The van der Waals surface area contributed by atoms with Gasteiger partial charge in [0, 0.05) is 6.92 Å².